The monoisotopic (exact) mass is 263 g/mol. The number of aryl methyl sites for hydroxylation is 2. The van der Waals surface area contributed by atoms with Crippen LogP contribution >= 0.6 is 0 Å². The Morgan fingerprint density at radius 3 is 2.63 bits per heavy atom. The van der Waals surface area contributed by atoms with Crippen LogP contribution in [0.1, 0.15) is 41.9 Å². The Morgan fingerprint density at radius 1 is 1.42 bits per heavy atom. The number of carbonyl (C=O) groups is 1. The number of nitrogens with one attached hydrogen (secondary N) is 1. The van der Waals surface area contributed by atoms with Gasteiger partial charge in [-0.2, -0.15) is 0 Å². The van der Waals surface area contributed by atoms with E-state index >= 15 is 0 Å². The number of aromatic nitrogens is 4. The molecule has 0 unspecified atom stereocenters. The van der Waals surface area contributed by atoms with Crippen LogP contribution in [0.3, 0.4) is 0 Å². The molecular weight excluding hydrogens is 246 g/mol. The summed E-state index contributed by atoms with van der Waals surface area (Å²) in [5, 5.41) is 10.1. The first-order chi connectivity index (χ1) is 9.00. The van der Waals surface area contributed by atoms with Gasteiger partial charge in [0, 0.05) is 19.4 Å². The number of rotatable bonds is 4. The second kappa shape index (κ2) is 5.21. The quantitative estimate of drug-likeness (QED) is 0.896. The van der Waals surface area contributed by atoms with Gasteiger partial charge in [0.05, 0.1) is 6.04 Å². The number of hydrogen-bond acceptors (Lipinski definition) is 5. The van der Waals surface area contributed by atoms with E-state index in [1.54, 1.807) is 13.1 Å². The molecule has 7 heteroatoms. The Hall–Kier alpha value is -2.18. The zero-order valence-corrected chi connectivity index (χ0v) is 11.4. The Morgan fingerprint density at radius 2 is 2.16 bits per heavy atom. The van der Waals surface area contributed by atoms with Gasteiger partial charge in [0.15, 0.2) is 5.69 Å². The van der Waals surface area contributed by atoms with Crippen molar-refractivity contribution < 1.29 is 9.42 Å². The smallest absolute Gasteiger partial charge is 0.276 e. The summed E-state index contributed by atoms with van der Waals surface area (Å²) in [6, 6.07) is -0.191. The summed E-state index contributed by atoms with van der Waals surface area (Å²) in [6.45, 7) is 5.72. The minimum absolute atomic E-state index is 0.191. The third-order valence-electron chi connectivity index (χ3n) is 2.96. The number of carbonyl (C=O) groups excluding carboxylic acids is 1. The second-order valence-electron chi connectivity index (χ2n) is 4.79. The first-order valence-electron chi connectivity index (χ1n) is 6.08. The van der Waals surface area contributed by atoms with E-state index in [0.717, 1.165) is 5.82 Å². The van der Waals surface area contributed by atoms with Gasteiger partial charge in [-0.25, -0.2) is 9.61 Å². The van der Waals surface area contributed by atoms with Crippen molar-refractivity contribution in [3.05, 3.63) is 29.6 Å². The Bertz CT molecular complexity index is 572. The molecule has 0 radical (unpaired) electrons. The first kappa shape index (κ1) is 13.3. The lowest BCUT2D eigenvalue weighted by molar-refractivity contribution is 0.0912. The van der Waals surface area contributed by atoms with Crippen molar-refractivity contribution in [2.24, 2.45) is 13.0 Å². The maximum Gasteiger partial charge on any atom is 0.276 e. The summed E-state index contributed by atoms with van der Waals surface area (Å²) in [6.07, 6.45) is 3.56. The van der Waals surface area contributed by atoms with E-state index in [0.29, 0.717) is 5.69 Å². The van der Waals surface area contributed by atoms with Crippen LogP contribution < -0.4 is 5.32 Å². The van der Waals surface area contributed by atoms with Crippen LogP contribution in [-0.2, 0) is 7.05 Å². The lowest BCUT2D eigenvalue weighted by atomic mass is 10.0. The largest absolute Gasteiger partial charge is 0.340 e. The summed E-state index contributed by atoms with van der Waals surface area (Å²) >= 11 is 0. The van der Waals surface area contributed by atoms with E-state index < -0.39 is 0 Å². The molecule has 0 aromatic carbocycles. The third kappa shape index (κ3) is 2.64. The predicted molar refractivity (Wildman–Crippen MR) is 67.3 cm³/mol. The molecule has 0 aliphatic heterocycles. The van der Waals surface area contributed by atoms with Crippen LogP contribution in [0, 0.1) is 12.8 Å². The molecule has 2 heterocycles. The molecule has 1 N–H and O–H groups in total. The first-order valence-corrected chi connectivity index (χ1v) is 6.08. The third-order valence-corrected chi connectivity index (χ3v) is 2.96. The van der Waals surface area contributed by atoms with Gasteiger partial charge in [-0.05, 0) is 18.0 Å². The number of imidazole rings is 1. The van der Waals surface area contributed by atoms with Gasteiger partial charge < -0.3 is 9.88 Å². The lowest BCUT2D eigenvalue weighted by Crippen LogP contribution is -2.34. The van der Waals surface area contributed by atoms with Crippen LogP contribution in [0.25, 0.3) is 0 Å². The lowest BCUT2D eigenvalue weighted by Gasteiger charge is -2.21. The van der Waals surface area contributed by atoms with E-state index in [9.17, 15) is 4.79 Å². The molecule has 0 aliphatic carbocycles. The number of hydrogen-bond donors (Lipinski definition) is 1. The molecule has 102 valence electrons. The van der Waals surface area contributed by atoms with Crippen molar-refractivity contribution in [2.45, 2.75) is 26.8 Å². The van der Waals surface area contributed by atoms with Crippen molar-refractivity contribution in [1.29, 1.82) is 0 Å². The Kier molecular flexibility index (Phi) is 3.64. The van der Waals surface area contributed by atoms with Gasteiger partial charge in [-0.3, -0.25) is 4.79 Å². The SMILES string of the molecule is Cc1nonc1C(=O)N[C@@H](c1nccn1C)C(C)C. The van der Waals surface area contributed by atoms with Crippen molar-refractivity contribution in [3.63, 3.8) is 0 Å². The molecule has 0 aliphatic rings. The molecule has 2 aromatic heterocycles. The molecule has 0 saturated carbocycles. The topological polar surface area (TPSA) is 85.8 Å². The Labute approximate surface area is 111 Å². The number of nitrogens with zero attached hydrogens (tertiary/aromatic N) is 4. The standard InChI is InChI=1S/C12H17N5O2/c1-7(2)9(11-13-5-6-17(11)4)14-12(18)10-8(3)15-19-16-10/h5-7,9H,1-4H3,(H,14,18)/t9-/m1/s1. The summed E-state index contributed by atoms with van der Waals surface area (Å²) in [7, 11) is 1.90. The molecule has 1 atom stereocenters. The van der Waals surface area contributed by atoms with Gasteiger partial charge in [-0.15, -0.1) is 0 Å². The normalized spacial score (nSPS) is 12.7. The highest BCUT2D eigenvalue weighted by atomic mass is 16.6. The van der Waals surface area contributed by atoms with Gasteiger partial charge in [0.2, 0.25) is 0 Å². The number of amides is 1. The van der Waals surface area contributed by atoms with Crippen molar-refractivity contribution >= 4 is 5.91 Å². The molecule has 1 amide bonds. The van der Waals surface area contributed by atoms with E-state index in [1.807, 2.05) is 31.7 Å². The zero-order valence-electron chi connectivity index (χ0n) is 11.4. The van der Waals surface area contributed by atoms with Crippen molar-refractivity contribution in [1.82, 2.24) is 25.2 Å². The van der Waals surface area contributed by atoms with Gasteiger partial charge in [0.25, 0.3) is 5.91 Å². The maximum atomic E-state index is 12.1. The molecule has 0 fully saturated rings. The highest BCUT2D eigenvalue weighted by molar-refractivity contribution is 5.93. The molecule has 7 nitrogen and oxygen atoms in total. The van der Waals surface area contributed by atoms with Gasteiger partial charge >= 0.3 is 0 Å². The van der Waals surface area contributed by atoms with Crippen LogP contribution in [-0.4, -0.2) is 25.8 Å². The molecule has 2 aromatic rings. The van der Waals surface area contributed by atoms with Crippen LogP contribution in [0.5, 0.6) is 0 Å². The predicted octanol–water partition coefficient (Wildman–Crippen LogP) is 1.24. The van der Waals surface area contributed by atoms with Crippen LogP contribution in [0.4, 0.5) is 0 Å². The molecule has 2 rings (SSSR count). The zero-order chi connectivity index (χ0) is 14.0. The summed E-state index contributed by atoms with van der Waals surface area (Å²) < 4.78 is 6.43. The average Bonchev–Trinajstić information content (AvgIpc) is 2.94. The van der Waals surface area contributed by atoms with Crippen LogP contribution in [0.2, 0.25) is 0 Å². The molecule has 19 heavy (non-hydrogen) atoms. The fraction of sp³-hybridized carbons (Fsp3) is 0.500. The fourth-order valence-corrected chi connectivity index (χ4v) is 1.85. The molecular formula is C12H17N5O2. The summed E-state index contributed by atoms with van der Waals surface area (Å²) in [5.74, 6) is 0.697. The summed E-state index contributed by atoms with van der Waals surface area (Å²) in [4.78, 5) is 16.4. The Balaban J connectivity index is 2.21. The maximum absolute atomic E-state index is 12.1. The van der Waals surface area contributed by atoms with E-state index in [4.69, 9.17) is 0 Å². The molecule has 0 spiro atoms. The van der Waals surface area contributed by atoms with E-state index in [-0.39, 0.29) is 23.6 Å². The summed E-state index contributed by atoms with van der Waals surface area (Å²) in [5.41, 5.74) is 0.680. The minimum Gasteiger partial charge on any atom is -0.340 e. The highest BCUT2D eigenvalue weighted by Gasteiger charge is 2.25. The minimum atomic E-state index is -0.305. The highest BCUT2D eigenvalue weighted by Crippen LogP contribution is 2.20. The van der Waals surface area contributed by atoms with Gasteiger partial charge in [-0.1, -0.05) is 19.0 Å². The van der Waals surface area contributed by atoms with E-state index in [2.05, 4.69) is 25.2 Å². The van der Waals surface area contributed by atoms with Crippen LogP contribution in [0.15, 0.2) is 17.0 Å². The fourth-order valence-electron chi connectivity index (χ4n) is 1.85. The van der Waals surface area contributed by atoms with Crippen molar-refractivity contribution in [3.8, 4) is 0 Å². The second-order valence-corrected chi connectivity index (χ2v) is 4.79. The molecule has 0 saturated heterocycles. The van der Waals surface area contributed by atoms with Gasteiger partial charge in [0.1, 0.15) is 11.5 Å². The van der Waals surface area contributed by atoms with Crippen molar-refractivity contribution in [2.75, 3.05) is 0 Å². The van der Waals surface area contributed by atoms with E-state index in [1.165, 1.54) is 0 Å². The average molecular weight is 263 g/mol. The molecule has 0 bridgehead atoms.